The molecule has 26 heavy (non-hydrogen) atoms. The minimum Gasteiger partial charge on any atom is -0.466 e. The summed E-state index contributed by atoms with van der Waals surface area (Å²) in [5, 5.41) is 0. The van der Waals surface area contributed by atoms with Gasteiger partial charge in [0.05, 0.1) is 26.2 Å². The molecule has 0 aromatic carbocycles. The number of carbonyl (C=O) groups is 2. The van der Waals surface area contributed by atoms with Crippen LogP contribution in [0.4, 0.5) is 0 Å². The van der Waals surface area contributed by atoms with Crippen molar-refractivity contribution in [3.63, 3.8) is 0 Å². The van der Waals surface area contributed by atoms with E-state index in [4.69, 9.17) is 14.2 Å². The highest BCUT2D eigenvalue weighted by molar-refractivity contribution is 5.79. The number of unbranched alkanes of at least 4 members (excludes halogenated alkanes) is 5. The molecule has 0 fully saturated rings. The lowest BCUT2D eigenvalue weighted by Crippen LogP contribution is -2.22. The van der Waals surface area contributed by atoms with E-state index in [-0.39, 0.29) is 30.7 Å². The Bertz CT molecular complexity index is 354. The summed E-state index contributed by atoms with van der Waals surface area (Å²) in [5.41, 5.74) is 0. The fourth-order valence-corrected chi connectivity index (χ4v) is 2.62. The van der Waals surface area contributed by atoms with Gasteiger partial charge in [-0.1, -0.05) is 52.9 Å². The summed E-state index contributed by atoms with van der Waals surface area (Å²) >= 11 is 0. The first-order chi connectivity index (χ1) is 12.5. The van der Waals surface area contributed by atoms with Crippen molar-refractivity contribution in [2.75, 3.05) is 33.5 Å². The van der Waals surface area contributed by atoms with Gasteiger partial charge in [0.1, 0.15) is 6.61 Å². The normalized spacial score (nSPS) is 12.3. The van der Waals surface area contributed by atoms with Crippen molar-refractivity contribution in [2.45, 2.75) is 78.6 Å². The molecule has 154 valence electrons. The van der Waals surface area contributed by atoms with Gasteiger partial charge in [0.15, 0.2) is 5.78 Å². The Morgan fingerprint density at radius 1 is 0.962 bits per heavy atom. The minimum atomic E-state index is -0.227. The van der Waals surface area contributed by atoms with Crippen molar-refractivity contribution >= 4 is 11.8 Å². The third-order valence-electron chi connectivity index (χ3n) is 4.24. The number of Topliss-reactive ketones (excluding diaryl/α,β-unsaturated/α-hetero) is 1. The quantitative estimate of drug-likeness (QED) is 0.261. The minimum absolute atomic E-state index is 0.0756. The molecule has 0 spiro atoms. The number of esters is 1. The molecule has 0 heterocycles. The van der Waals surface area contributed by atoms with Crippen molar-refractivity contribution in [1.29, 1.82) is 0 Å². The van der Waals surface area contributed by atoms with Crippen LogP contribution < -0.4 is 0 Å². The predicted octanol–water partition coefficient (Wildman–Crippen LogP) is 4.56. The smallest absolute Gasteiger partial charge is 0.306 e. The molecule has 0 radical (unpaired) electrons. The van der Waals surface area contributed by atoms with E-state index in [0.717, 1.165) is 19.3 Å². The summed E-state index contributed by atoms with van der Waals surface area (Å²) < 4.78 is 15.9. The van der Waals surface area contributed by atoms with E-state index in [1.165, 1.54) is 25.7 Å². The Morgan fingerprint density at radius 3 is 2.31 bits per heavy atom. The summed E-state index contributed by atoms with van der Waals surface area (Å²) in [6, 6.07) is 0. The van der Waals surface area contributed by atoms with Crippen LogP contribution in [0, 0.1) is 11.8 Å². The fraction of sp³-hybridized carbons (Fsp3) is 0.905. The SMILES string of the molecule is CCCCCCCCC(=O)COCC(COC)CC(=O)OCCC(C)C. The van der Waals surface area contributed by atoms with Crippen LogP contribution >= 0.6 is 0 Å². The summed E-state index contributed by atoms with van der Waals surface area (Å²) in [5.74, 6) is 0.345. The van der Waals surface area contributed by atoms with Gasteiger partial charge in [-0.15, -0.1) is 0 Å². The number of carbonyl (C=O) groups excluding carboxylic acids is 2. The number of hydrogen-bond donors (Lipinski definition) is 0. The second kappa shape index (κ2) is 17.5. The van der Waals surface area contributed by atoms with Gasteiger partial charge in [0, 0.05) is 19.4 Å². The third-order valence-corrected chi connectivity index (χ3v) is 4.24. The van der Waals surface area contributed by atoms with Crippen molar-refractivity contribution in [2.24, 2.45) is 11.8 Å². The molecule has 0 bridgehead atoms. The fourth-order valence-electron chi connectivity index (χ4n) is 2.62. The van der Waals surface area contributed by atoms with E-state index in [1.54, 1.807) is 7.11 Å². The Hall–Kier alpha value is -0.940. The van der Waals surface area contributed by atoms with Crippen LogP contribution in [-0.2, 0) is 23.8 Å². The predicted molar refractivity (Wildman–Crippen MR) is 104 cm³/mol. The van der Waals surface area contributed by atoms with Gasteiger partial charge >= 0.3 is 5.97 Å². The molecule has 0 aliphatic heterocycles. The van der Waals surface area contributed by atoms with E-state index in [0.29, 0.717) is 32.2 Å². The molecule has 0 saturated carbocycles. The van der Waals surface area contributed by atoms with E-state index in [2.05, 4.69) is 20.8 Å². The number of ether oxygens (including phenoxy) is 3. The van der Waals surface area contributed by atoms with Crippen molar-refractivity contribution in [3.05, 3.63) is 0 Å². The average molecular weight is 373 g/mol. The van der Waals surface area contributed by atoms with Gasteiger partial charge in [-0.25, -0.2) is 0 Å². The monoisotopic (exact) mass is 372 g/mol. The van der Waals surface area contributed by atoms with Crippen LogP contribution in [-0.4, -0.2) is 45.3 Å². The molecule has 0 amide bonds. The summed E-state index contributed by atoms with van der Waals surface area (Å²) in [4.78, 5) is 23.7. The van der Waals surface area contributed by atoms with Crippen molar-refractivity contribution in [3.8, 4) is 0 Å². The number of ketones is 1. The molecule has 5 nitrogen and oxygen atoms in total. The van der Waals surface area contributed by atoms with Gasteiger partial charge in [-0.3, -0.25) is 9.59 Å². The second-order valence-corrected chi connectivity index (χ2v) is 7.50. The molecule has 1 unspecified atom stereocenters. The zero-order chi connectivity index (χ0) is 19.6. The van der Waals surface area contributed by atoms with Gasteiger partial charge in [-0.05, 0) is 18.8 Å². The van der Waals surface area contributed by atoms with Crippen LogP contribution in [0.25, 0.3) is 0 Å². The maximum atomic E-state index is 11.9. The first-order valence-electron chi connectivity index (χ1n) is 10.2. The Morgan fingerprint density at radius 2 is 1.65 bits per heavy atom. The zero-order valence-electron chi connectivity index (χ0n) is 17.4. The molecule has 0 aliphatic carbocycles. The summed E-state index contributed by atoms with van der Waals surface area (Å²) in [6.45, 7) is 7.73. The maximum absolute atomic E-state index is 11.9. The second-order valence-electron chi connectivity index (χ2n) is 7.50. The van der Waals surface area contributed by atoms with Gasteiger partial charge < -0.3 is 14.2 Å². The molecular weight excluding hydrogens is 332 g/mol. The highest BCUT2D eigenvalue weighted by atomic mass is 16.5. The lowest BCUT2D eigenvalue weighted by atomic mass is 10.1. The Kier molecular flexibility index (Phi) is 16.8. The van der Waals surface area contributed by atoms with Crippen LogP contribution in [0.2, 0.25) is 0 Å². The number of methoxy groups -OCH3 is 1. The molecule has 0 saturated heterocycles. The Labute approximate surface area is 160 Å². The molecule has 1 atom stereocenters. The number of rotatable bonds is 18. The molecule has 0 N–H and O–H groups in total. The lowest BCUT2D eigenvalue weighted by Gasteiger charge is -2.15. The van der Waals surface area contributed by atoms with Crippen molar-refractivity contribution < 1.29 is 23.8 Å². The molecule has 0 rings (SSSR count). The molecule has 0 aromatic rings. The molecule has 0 aromatic heterocycles. The van der Waals surface area contributed by atoms with E-state index in [1.807, 2.05) is 0 Å². The molecule has 5 heteroatoms. The molecule has 0 aliphatic rings. The summed E-state index contributed by atoms with van der Waals surface area (Å²) in [7, 11) is 1.60. The highest BCUT2D eigenvalue weighted by Crippen LogP contribution is 2.10. The van der Waals surface area contributed by atoms with Gasteiger partial charge in [0.25, 0.3) is 0 Å². The highest BCUT2D eigenvalue weighted by Gasteiger charge is 2.16. The van der Waals surface area contributed by atoms with Crippen molar-refractivity contribution in [1.82, 2.24) is 0 Å². The number of hydrogen-bond acceptors (Lipinski definition) is 5. The van der Waals surface area contributed by atoms with Crippen LogP contribution in [0.15, 0.2) is 0 Å². The first-order valence-corrected chi connectivity index (χ1v) is 10.2. The van der Waals surface area contributed by atoms with E-state index < -0.39 is 0 Å². The van der Waals surface area contributed by atoms with Crippen LogP contribution in [0.1, 0.15) is 78.6 Å². The average Bonchev–Trinajstić information content (AvgIpc) is 2.57. The maximum Gasteiger partial charge on any atom is 0.306 e. The van der Waals surface area contributed by atoms with Gasteiger partial charge in [-0.2, -0.15) is 0 Å². The molecular formula is C21H40O5. The topological polar surface area (TPSA) is 61.8 Å². The third kappa shape index (κ3) is 16.5. The zero-order valence-corrected chi connectivity index (χ0v) is 17.4. The van der Waals surface area contributed by atoms with E-state index >= 15 is 0 Å². The lowest BCUT2D eigenvalue weighted by molar-refractivity contribution is -0.146. The van der Waals surface area contributed by atoms with Crippen LogP contribution in [0.3, 0.4) is 0 Å². The summed E-state index contributed by atoms with van der Waals surface area (Å²) in [6.07, 6.45) is 8.73. The van der Waals surface area contributed by atoms with E-state index in [9.17, 15) is 9.59 Å². The standard InChI is InChI=1S/C21H40O5/c1-5-6-7-8-9-10-11-20(22)17-25-16-19(15-24-4)14-21(23)26-13-12-18(2)3/h18-19H,5-17H2,1-4H3. The first kappa shape index (κ1) is 25.1. The largest absolute Gasteiger partial charge is 0.466 e. The van der Waals surface area contributed by atoms with Crippen LogP contribution in [0.5, 0.6) is 0 Å². The van der Waals surface area contributed by atoms with Gasteiger partial charge in [0.2, 0.25) is 0 Å². The Balaban J connectivity index is 3.84.